The Hall–Kier alpha value is -0.990. The van der Waals surface area contributed by atoms with E-state index in [1.54, 1.807) is 0 Å². The third-order valence-electron chi connectivity index (χ3n) is 2.48. The van der Waals surface area contributed by atoms with Crippen LogP contribution in [0.1, 0.15) is 8.29 Å². The summed E-state index contributed by atoms with van der Waals surface area (Å²) in [5.74, 6) is -0.691. The van der Waals surface area contributed by atoms with Crippen molar-refractivity contribution in [2.45, 2.75) is 37.6 Å². The number of ether oxygens (including phenoxy) is 1. The molecular weight excluding hydrogens is 230 g/mol. The van der Waals surface area contributed by atoms with Gasteiger partial charge in [-0.3, -0.25) is 4.79 Å². The molecule has 1 unspecified atom stereocenters. The van der Waals surface area contributed by atoms with Crippen molar-refractivity contribution in [2.24, 2.45) is 0 Å². The van der Waals surface area contributed by atoms with E-state index in [9.17, 15) is 20.1 Å². The number of allylic oxidation sites excluding steroid dienone is 1. The van der Waals surface area contributed by atoms with Gasteiger partial charge in [0.25, 0.3) is 0 Å². The quantitative estimate of drug-likeness (QED) is 0.352. The van der Waals surface area contributed by atoms with Crippen molar-refractivity contribution >= 4 is 5.91 Å². The van der Waals surface area contributed by atoms with Crippen LogP contribution in [0.5, 0.6) is 0 Å². The van der Waals surface area contributed by atoms with E-state index in [0.29, 0.717) is 0 Å². The van der Waals surface area contributed by atoms with Gasteiger partial charge in [0.1, 0.15) is 24.4 Å². The van der Waals surface area contributed by atoms with E-state index in [2.05, 4.69) is 5.32 Å². The highest BCUT2D eigenvalue weighted by Gasteiger charge is 2.43. The van der Waals surface area contributed by atoms with Gasteiger partial charge in [0.2, 0.25) is 5.91 Å². The molecule has 0 bridgehead atoms. The maximum atomic E-state index is 11.4. The first-order valence-corrected chi connectivity index (χ1v) is 5.12. The zero-order valence-electron chi connectivity index (χ0n) is 10.3. The SMILES string of the molecule is [2H]C(C)=CC(=O)N[C@H]1C(O)O[C@H](CO)[C@@H](O)[C@@H]1O. The molecule has 0 spiro atoms. The van der Waals surface area contributed by atoms with Gasteiger partial charge in [-0.15, -0.1) is 0 Å². The fourth-order valence-electron chi connectivity index (χ4n) is 1.59. The molecule has 1 amide bonds. The predicted octanol–water partition coefficient (Wildman–Crippen LogP) is -2.52. The first kappa shape index (κ1) is 12.5. The molecule has 1 saturated heterocycles. The van der Waals surface area contributed by atoms with E-state index in [-0.39, 0.29) is 6.05 Å². The molecule has 5 N–H and O–H groups in total. The van der Waals surface area contributed by atoms with Gasteiger partial charge in [0, 0.05) is 0 Å². The second-order valence-corrected chi connectivity index (χ2v) is 3.70. The minimum Gasteiger partial charge on any atom is -0.394 e. The Labute approximate surface area is 99.7 Å². The zero-order chi connectivity index (χ0) is 13.9. The molecule has 1 fully saturated rings. The molecule has 1 aliphatic heterocycles. The molecule has 0 aromatic heterocycles. The van der Waals surface area contributed by atoms with Crippen LogP contribution < -0.4 is 5.32 Å². The van der Waals surface area contributed by atoms with Crippen LogP contribution in [0.2, 0.25) is 0 Å². The molecule has 0 aliphatic carbocycles. The Morgan fingerprint density at radius 1 is 1.47 bits per heavy atom. The Morgan fingerprint density at radius 3 is 2.65 bits per heavy atom. The van der Waals surface area contributed by atoms with Gasteiger partial charge in [-0.1, -0.05) is 6.05 Å². The van der Waals surface area contributed by atoms with Gasteiger partial charge in [-0.05, 0) is 13.0 Å². The van der Waals surface area contributed by atoms with Crippen molar-refractivity contribution in [3.63, 3.8) is 0 Å². The molecule has 7 nitrogen and oxygen atoms in total. The summed E-state index contributed by atoms with van der Waals surface area (Å²) in [6.45, 7) is 0.822. The maximum Gasteiger partial charge on any atom is 0.244 e. The summed E-state index contributed by atoms with van der Waals surface area (Å²) in [6, 6.07) is -1.23. The van der Waals surface area contributed by atoms with E-state index < -0.39 is 43.2 Å². The molecule has 1 aliphatic rings. The average Bonchev–Trinajstić information content (AvgIpc) is 2.28. The summed E-state index contributed by atoms with van der Waals surface area (Å²) in [4.78, 5) is 11.4. The highest BCUT2D eigenvalue weighted by molar-refractivity contribution is 5.87. The summed E-state index contributed by atoms with van der Waals surface area (Å²) in [6.07, 6.45) is -4.61. The van der Waals surface area contributed by atoms with E-state index in [1.165, 1.54) is 6.92 Å². The molecule has 0 radical (unpaired) electrons. The minimum atomic E-state index is -1.55. The molecule has 0 saturated carbocycles. The van der Waals surface area contributed by atoms with E-state index >= 15 is 0 Å². The van der Waals surface area contributed by atoms with Crippen LogP contribution in [-0.2, 0) is 9.53 Å². The number of hydrogen-bond acceptors (Lipinski definition) is 6. The lowest BCUT2D eigenvalue weighted by Gasteiger charge is -2.40. The molecular formula is C10H17NO6. The van der Waals surface area contributed by atoms with Gasteiger partial charge in [-0.25, -0.2) is 0 Å². The molecule has 5 atom stereocenters. The van der Waals surface area contributed by atoms with Crippen LogP contribution in [0.4, 0.5) is 0 Å². The monoisotopic (exact) mass is 248 g/mol. The Bertz CT molecular complexity index is 332. The highest BCUT2D eigenvalue weighted by Crippen LogP contribution is 2.19. The third-order valence-corrected chi connectivity index (χ3v) is 2.48. The smallest absolute Gasteiger partial charge is 0.244 e. The molecule has 17 heavy (non-hydrogen) atoms. The number of aliphatic hydroxyl groups is 4. The first-order valence-electron chi connectivity index (χ1n) is 5.62. The van der Waals surface area contributed by atoms with Crippen LogP contribution >= 0.6 is 0 Å². The summed E-state index contributed by atoms with van der Waals surface area (Å²) in [5.41, 5.74) is 0. The number of rotatable bonds is 3. The topological polar surface area (TPSA) is 119 Å². The Balaban J connectivity index is 2.71. The van der Waals surface area contributed by atoms with Gasteiger partial charge in [0.15, 0.2) is 6.29 Å². The van der Waals surface area contributed by atoms with Crippen molar-refractivity contribution in [3.05, 3.63) is 12.1 Å². The van der Waals surface area contributed by atoms with E-state index in [1.807, 2.05) is 0 Å². The van der Waals surface area contributed by atoms with Gasteiger partial charge in [-0.2, -0.15) is 0 Å². The van der Waals surface area contributed by atoms with Crippen molar-refractivity contribution in [1.82, 2.24) is 5.32 Å². The number of carbonyl (C=O) groups is 1. The van der Waals surface area contributed by atoms with Gasteiger partial charge in [0.05, 0.1) is 7.98 Å². The Kier molecular flexibility index (Phi) is 4.46. The van der Waals surface area contributed by atoms with Crippen LogP contribution in [0.3, 0.4) is 0 Å². The van der Waals surface area contributed by atoms with Gasteiger partial charge >= 0.3 is 0 Å². The second-order valence-electron chi connectivity index (χ2n) is 3.70. The largest absolute Gasteiger partial charge is 0.394 e. The third kappa shape index (κ3) is 3.24. The van der Waals surface area contributed by atoms with Crippen LogP contribution in [-0.4, -0.2) is 63.6 Å². The second kappa shape index (κ2) is 6.08. The van der Waals surface area contributed by atoms with Crippen molar-refractivity contribution < 1.29 is 31.3 Å². The summed E-state index contributed by atoms with van der Waals surface area (Å²) in [7, 11) is 0. The summed E-state index contributed by atoms with van der Waals surface area (Å²) in [5, 5.41) is 39.9. The standard InChI is InChI=1S/C10H17NO6/c1-2-3-6(13)11-7-9(15)8(14)5(4-12)17-10(7)16/h2-3,5,7-10,12,14-16H,4H2,1H3,(H,11,13)/t5-,7-,8-,9-,10?/m1/s1/i2D. The van der Waals surface area contributed by atoms with E-state index in [4.69, 9.17) is 11.2 Å². The predicted molar refractivity (Wildman–Crippen MR) is 56.7 cm³/mol. The Morgan fingerprint density at radius 2 is 2.12 bits per heavy atom. The number of carbonyl (C=O) groups excluding carboxylic acids is 1. The highest BCUT2D eigenvalue weighted by atomic mass is 16.6. The fraction of sp³-hybridized carbons (Fsp3) is 0.700. The summed E-state index contributed by atoms with van der Waals surface area (Å²) >= 11 is 0. The lowest BCUT2D eigenvalue weighted by Crippen LogP contribution is -2.64. The van der Waals surface area contributed by atoms with Crippen molar-refractivity contribution in [2.75, 3.05) is 6.61 Å². The van der Waals surface area contributed by atoms with E-state index in [0.717, 1.165) is 6.08 Å². The lowest BCUT2D eigenvalue weighted by molar-refractivity contribution is -0.253. The maximum absolute atomic E-state index is 11.4. The first-order chi connectivity index (χ1) is 8.36. The molecule has 1 heterocycles. The molecule has 7 heteroatoms. The average molecular weight is 248 g/mol. The van der Waals surface area contributed by atoms with Crippen LogP contribution in [0, 0.1) is 0 Å². The molecule has 0 aromatic carbocycles. The molecule has 98 valence electrons. The van der Waals surface area contributed by atoms with Crippen molar-refractivity contribution in [3.8, 4) is 0 Å². The number of aliphatic hydroxyl groups excluding tert-OH is 4. The summed E-state index contributed by atoms with van der Waals surface area (Å²) < 4.78 is 11.9. The van der Waals surface area contributed by atoms with Crippen LogP contribution in [0.15, 0.2) is 12.1 Å². The molecule has 1 rings (SSSR count). The zero-order valence-corrected chi connectivity index (χ0v) is 9.28. The normalized spacial score (nSPS) is 39.7. The molecule has 0 aromatic rings. The van der Waals surface area contributed by atoms with Crippen LogP contribution in [0.25, 0.3) is 0 Å². The fourth-order valence-corrected chi connectivity index (χ4v) is 1.59. The van der Waals surface area contributed by atoms with Crippen molar-refractivity contribution in [1.29, 1.82) is 0 Å². The number of hydrogen-bond donors (Lipinski definition) is 5. The minimum absolute atomic E-state index is 0.00184. The number of amides is 1. The number of nitrogens with one attached hydrogen (secondary N) is 1. The lowest BCUT2D eigenvalue weighted by atomic mass is 9.97. The van der Waals surface area contributed by atoms with Gasteiger partial charge < -0.3 is 30.5 Å².